The molecule has 2 amide bonds. The van der Waals surface area contributed by atoms with Crippen molar-refractivity contribution in [3.8, 4) is 0 Å². The van der Waals surface area contributed by atoms with E-state index in [1.807, 2.05) is 7.05 Å². The maximum atomic E-state index is 12.4. The molecule has 1 N–H and O–H groups in total. The molecule has 0 aromatic heterocycles. The van der Waals surface area contributed by atoms with Crippen molar-refractivity contribution in [1.29, 1.82) is 0 Å². The van der Waals surface area contributed by atoms with Crippen LogP contribution in [0.15, 0.2) is 0 Å². The minimum Gasteiger partial charge on any atom is -0.332 e. The van der Waals surface area contributed by atoms with Gasteiger partial charge < -0.3 is 15.1 Å². The molecule has 2 rings (SSSR count). The molecule has 2 aliphatic rings. The van der Waals surface area contributed by atoms with Crippen molar-refractivity contribution in [2.75, 3.05) is 26.7 Å². The summed E-state index contributed by atoms with van der Waals surface area (Å²) >= 11 is 0. The van der Waals surface area contributed by atoms with Crippen LogP contribution in [-0.2, 0) is 9.59 Å². The first kappa shape index (κ1) is 15.3. The van der Waals surface area contributed by atoms with Crippen LogP contribution in [0.2, 0.25) is 0 Å². The van der Waals surface area contributed by atoms with Crippen molar-refractivity contribution in [3.05, 3.63) is 0 Å². The van der Waals surface area contributed by atoms with E-state index in [4.69, 9.17) is 0 Å². The number of amides is 2. The van der Waals surface area contributed by atoms with Gasteiger partial charge >= 0.3 is 0 Å². The summed E-state index contributed by atoms with van der Waals surface area (Å²) in [6, 6.07) is 0.351. The van der Waals surface area contributed by atoms with Gasteiger partial charge in [0.25, 0.3) is 0 Å². The SMILES string of the molecule is CNC(C)CCCCN1CC(=O)N2CCCCC2C1=O. The predicted molar refractivity (Wildman–Crippen MR) is 78.3 cm³/mol. The van der Waals surface area contributed by atoms with Gasteiger partial charge in [0.15, 0.2) is 0 Å². The lowest BCUT2D eigenvalue weighted by Gasteiger charge is -2.42. The van der Waals surface area contributed by atoms with E-state index in [-0.39, 0.29) is 24.4 Å². The number of carbonyl (C=O) groups excluding carboxylic acids is 2. The van der Waals surface area contributed by atoms with Gasteiger partial charge in [-0.1, -0.05) is 6.42 Å². The van der Waals surface area contributed by atoms with E-state index in [2.05, 4.69) is 12.2 Å². The Morgan fingerprint density at radius 3 is 2.85 bits per heavy atom. The van der Waals surface area contributed by atoms with Gasteiger partial charge in [0.1, 0.15) is 6.04 Å². The fourth-order valence-electron chi connectivity index (χ4n) is 3.12. The third-order valence-corrected chi connectivity index (χ3v) is 4.55. The minimum absolute atomic E-state index is 0.137. The van der Waals surface area contributed by atoms with Gasteiger partial charge in [-0.2, -0.15) is 0 Å². The standard InChI is InChI=1S/C15H27N3O2/c1-12(16-2)7-3-5-9-17-11-14(19)18-10-6-4-8-13(18)15(17)20/h12-13,16H,3-11H2,1-2H3. The molecular formula is C15H27N3O2. The fourth-order valence-corrected chi connectivity index (χ4v) is 3.12. The van der Waals surface area contributed by atoms with Crippen LogP contribution in [0.4, 0.5) is 0 Å². The van der Waals surface area contributed by atoms with E-state index in [0.29, 0.717) is 6.04 Å². The van der Waals surface area contributed by atoms with Crippen LogP contribution in [0, 0.1) is 0 Å². The molecule has 114 valence electrons. The molecule has 0 aliphatic carbocycles. The largest absolute Gasteiger partial charge is 0.332 e. The summed E-state index contributed by atoms with van der Waals surface area (Å²) in [6.45, 7) is 3.94. The monoisotopic (exact) mass is 281 g/mol. The zero-order valence-electron chi connectivity index (χ0n) is 12.7. The Morgan fingerprint density at radius 1 is 1.30 bits per heavy atom. The van der Waals surface area contributed by atoms with E-state index in [9.17, 15) is 9.59 Å². The Morgan fingerprint density at radius 2 is 2.10 bits per heavy atom. The van der Waals surface area contributed by atoms with E-state index in [1.165, 1.54) is 0 Å². The number of hydrogen-bond acceptors (Lipinski definition) is 3. The first-order chi connectivity index (χ1) is 9.63. The molecule has 5 heteroatoms. The normalized spacial score (nSPS) is 24.8. The van der Waals surface area contributed by atoms with Gasteiger partial charge in [-0.05, 0) is 46.1 Å². The quantitative estimate of drug-likeness (QED) is 0.739. The van der Waals surface area contributed by atoms with Crippen molar-refractivity contribution in [3.63, 3.8) is 0 Å². The molecule has 0 saturated carbocycles. The molecular weight excluding hydrogens is 254 g/mol. The first-order valence-electron chi connectivity index (χ1n) is 7.89. The lowest BCUT2D eigenvalue weighted by molar-refractivity contribution is -0.157. The van der Waals surface area contributed by atoms with Crippen LogP contribution in [0.25, 0.3) is 0 Å². The van der Waals surface area contributed by atoms with Gasteiger partial charge in [-0.3, -0.25) is 9.59 Å². The number of fused-ring (bicyclic) bond motifs is 1. The molecule has 0 bridgehead atoms. The number of carbonyl (C=O) groups is 2. The molecule has 0 radical (unpaired) electrons. The number of piperidine rings is 1. The highest BCUT2D eigenvalue weighted by molar-refractivity contribution is 5.95. The van der Waals surface area contributed by atoms with Crippen LogP contribution >= 0.6 is 0 Å². The highest BCUT2D eigenvalue weighted by Crippen LogP contribution is 2.23. The Bertz CT molecular complexity index is 359. The van der Waals surface area contributed by atoms with Crippen molar-refractivity contribution in [2.24, 2.45) is 0 Å². The Labute approximate surface area is 121 Å². The third kappa shape index (κ3) is 3.51. The Kier molecular flexibility index (Phi) is 5.40. The molecule has 0 aromatic carbocycles. The number of hydrogen-bond donors (Lipinski definition) is 1. The van der Waals surface area contributed by atoms with Crippen molar-refractivity contribution < 1.29 is 9.59 Å². The van der Waals surface area contributed by atoms with Crippen LogP contribution in [-0.4, -0.2) is 60.4 Å². The van der Waals surface area contributed by atoms with Gasteiger partial charge in [-0.25, -0.2) is 0 Å². The summed E-state index contributed by atoms with van der Waals surface area (Å²) in [4.78, 5) is 28.1. The Balaban J connectivity index is 1.80. The summed E-state index contributed by atoms with van der Waals surface area (Å²) in [5, 5.41) is 3.22. The summed E-state index contributed by atoms with van der Waals surface area (Å²) in [7, 11) is 1.97. The Hall–Kier alpha value is -1.10. The summed E-state index contributed by atoms with van der Waals surface area (Å²) < 4.78 is 0. The van der Waals surface area contributed by atoms with Gasteiger partial charge in [0, 0.05) is 19.1 Å². The second kappa shape index (κ2) is 7.07. The zero-order valence-corrected chi connectivity index (χ0v) is 12.7. The molecule has 2 fully saturated rings. The van der Waals surface area contributed by atoms with Crippen molar-refractivity contribution in [2.45, 2.75) is 57.5 Å². The lowest BCUT2D eigenvalue weighted by Crippen LogP contribution is -2.61. The second-order valence-electron chi connectivity index (χ2n) is 6.04. The molecule has 5 nitrogen and oxygen atoms in total. The third-order valence-electron chi connectivity index (χ3n) is 4.55. The van der Waals surface area contributed by atoms with E-state index < -0.39 is 0 Å². The highest BCUT2D eigenvalue weighted by Gasteiger charge is 2.39. The van der Waals surface area contributed by atoms with Gasteiger partial charge in [0.2, 0.25) is 11.8 Å². The zero-order chi connectivity index (χ0) is 14.5. The maximum Gasteiger partial charge on any atom is 0.245 e. The lowest BCUT2D eigenvalue weighted by atomic mass is 9.98. The highest BCUT2D eigenvalue weighted by atomic mass is 16.2. The molecule has 2 atom stereocenters. The van der Waals surface area contributed by atoms with Gasteiger partial charge in [0.05, 0.1) is 6.54 Å². The number of unbranched alkanes of at least 4 members (excludes halogenated alkanes) is 1. The number of nitrogens with zero attached hydrogens (tertiary/aromatic N) is 2. The maximum absolute atomic E-state index is 12.4. The molecule has 20 heavy (non-hydrogen) atoms. The van der Waals surface area contributed by atoms with Crippen LogP contribution < -0.4 is 5.32 Å². The smallest absolute Gasteiger partial charge is 0.245 e. The van der Waals surface area contributed by atoms with Crippen LogP contribution in [0.1, 0.15) is 45.4 Å². The predicted octanol–water partition coefficient (Wildman–Crippen LogP) is 0.988. The molecule has 2 heterocycles. The number of rotatable bonds is 6. The topological polar surface area (TPSA) is 52.7 Å². The van der Waals surface area contributed by atoms with Crippen molar-refractivity contribution >= 4 is 11.8 Å². The van der Waals surface area contributed by atoms with Crippen LogP contribution in [0.3, 0.4) is 0 Å². The molecule has 2 saturated heterocycles. The summed E-state index contributed by atoms with van der Waals surface area (Å²) in [5.74, 6) is 0.309. The van der Waals surface area contributed by atoms with Gasteiger partial charge in [-0.15, -0.1) is 0 Å². The second-order valence-corrected chi connectivity index (χ2v) is 6.04. The average molecular weight is 281 g/mol. The fraction of sp³-hybridized carbons (Fsp3) is 0.867. The van der Waals surface area contributed by atoms with E-state index in [1.54, 1.807) is 9.80 Å². The minimum atomic E-state index is -0.166. The molecule has 0 aromatic rings. The molecule has 2 aliphatic heterocycles. The first-order valence-corrected chi connectivity index (χ1v) is 7.89. The number of piperazine rings is 1. The van der Waals surface area contributed by atoms with E-state index >= 15 is 0 Å². The summed E-state index contributed by atoms with van der Waals surface area (Å²) in [5.41, 5.74) is 0. The summed E-state index contributed by atoms with van der Waals surface area (Å²) in [6.07, 6.45) is 6.14. The number of nitrogens with one attached hydrogen (secondary N) is 1. The molecule has 2 unspecified atom stereocenters. The average Bonchev–Trinajstić information content (AvgIpc) is 2.48. The molecule has 0 spiro atoms. The van der Waals surface area contributed by atoms with E-state index in [0.717, 1.165) is 51.6 Å². The van der Waals surface area contributed by atoms with Crippen LogP contribution in [0.5, 0.6) is 0 Å². The van der Waals surface area contributed by atoms with Crippen molar-refractivity contribution in [1.82, 2.24) is 15.1 Å².